The summed E-state index contributed by atoms with van der Waals surface area (Å²) in [6.07, 6.45) is 5.01. The Morgan fingerprint density at radius 2 is 1.82 bits per heavy atom. The molecule has 0 unspecified atom stereocenters. The summed E-state index contributed by atoms with van der Waals surface area (Å²) in [5.41, 5.74) is 1.91. The van der Waals surface area contributed by atoms with E-state index in [0.29, 0.717) is 23.4 Å². The predicted octanol–water partition coefficient (Wildman–Crippen LogP) is 1.91. The van der Waals surface area contributed by atoms with E-state index in [4.69, 9.17) is 11.6 Å². The number of nitrogens with zero attached hydrogens (tertiary/aromatic N) is 2. The molecule has 4 aliphatic rings. The molecule has 1 aromatic rings. The highest BCUT2D eigenvalue weighted by Crippen LogP contribution is 2.39. The minimum absolute atomic E-state index is 0.0201. The van der Waals surface area contributed by atoms with Crippen LogP contribution in [0.15, 0.2) is 12.1 Å². The third kappa shape index (κ3) is 4.40. The van der Waals surface area contributed by atoms with E-state index in [2.05, 4.69) is 10.6 Å². The molecule has 8 nitrogen and oxygen atoms in total. The number of halogens is 1. The molecule has 10 heteroatoms. The molecule has 5 rings (SSSR count). The van der Waals surface area contributed by atoms with Gasteiger partial charge in [-0.25, -0.2) is 8.42 Å². The number of hydrogen-bond donors (Lipinski definition) is 2. The molecule has 3 saturated heterocycles. The fraction of sp³-hybridized carbons (Fsp3) is 0.652. The Bertz CT molecular complexity index is 1060. The normalized spacial score (nSPS) is 28.2. The van der Waals surface area contributed by atoms with E-state index in [1.165, 1.54) is 0 Å². The summed E-state index contributed by atoms with van der Waals surface area (Å²) in [6.45, 7) is 1.77. The monoisotopic (exact) mass is 494 g/mol. The Morgan fingerprint density at radius 3 is 2.48 bits per heavy atom. The molecule has 0 spiro atoms. The second-order valence-corrected chi connectivity index (χ2v) is 12.2. The van der Waals surface area contributed by atoms with Gasteiger partial charge < -0.3 is 15.5 Å². The number of rotatable bonds is 5. The lowest BCUT2D eigenvalue weighted by molar-refractivity contribution is -0.117. The third-order valence-electron chi connectivity index (χ3n) is 7.72. The van der Waals surface area contributed by atoms with Gasteiger partial charge in [0, 0.05) is 30.9 Å². The second-order valence-electron chi connectivity index (χ2n) is 9.92. The van der Waals surface area contributed by atoms with E-state index in [-0.39, 0.29) is 48.0 Å². The maximum absolute atomic E-state index is 13.2. The molecule has 0 saturated carbocycles. The summed E-state index contributed by atoms with van der Waals surface area (Å²) < 4.78 is 28.2. The summed E-state index contributed by atoms with van der Waals surface area (Å²) in [5.74, 6) is 0.172. The number of likely N-dealkylation sites (N-methyl/N-ethyl adjacent to an activating group) is 1. The van der Waals surface area contributed by atoms with E-state index in [0.717, 1.165) is 50.0 Å². The zero-order valence-electron chi connectivity index (χ0n) is 18.8. The highest BCUT2D eigenvalue weighted by molar-refractivity contribution is 7.89. The average Bonchev–Trinajstić information content (AvgIpc) is 3.21. The first-order valence-corrected chi connectivity index (χ1v) is 13.8. The van der Waals surface area contributed by atoms with E-state index >= 15 is 0 Å². The first-order chi connectivity index (χ1) is 15.7. The highest BCUT2D eigenvalue weighted by atomic mass is 35.5. The van der Waals surface area contributed by atoms with Crippen molar-refractivity contribution in [2.75, 3.05) is 30.8 Å². The number of benzene rings is 1. The number of carbonyl (C=O) groups excluding carboxylic acids is 2. The molecule has 3 fully saturated rings. The van der Waals surface area contributed by atoms with Crippen molar-refractivity contribution in [1.29, 1.82) is 0 Å². The first kappa shape index (κ1) is 23.1. The van der Waals surface area contributed by atoms with E-state index in [9.17, 15) is 18.0 Å². The van der Waals surface area contributed by atoms with E-state index in [1.807, 2.05) is 0 Å². The van der Waals surface area contributed by atoms with Crippen molar-refractivity contribution in [3.05, 3.63) is 28.3 Å². The number of sulfonamides is 1. The van der Waals surface area contributed by atoms with Crippen LogP contribution >= 0.6 is 11.6 Å². The van der Waals surface area contributed by atoms with Crippen molar-refractivity contribution in [1.82, 2.24) is 14.9 Å². The van der Waals surface area contributed by atoms with Gasteiger partial charge in [-0.05, 0) is 75.2 Å². The predicted molar refractivity (Wildman–Crippen MR) is 127 cm³/mol. The van der Waals surface area contributed by atoms with Crippen LogP contribution in [-0.2, 0) is 21.2 Å². The van der Waals surface area contributed by atoms with Gasteiger partial charge in [-0.15, -0.1) is 0 Å². The van der Waals surface area contributed by atoms with Gasteiger partial charge in [-0.3, -0.25) is 9.59 Å². The van der Waals surface area contributed by atoms with Crippen LogP contribution in [0.1, 0.15) is 54.4 Å². The Kier molecular flexibility index (Phi) is 6.18. The molecule has 2 amide bonds. The largest absolute Gasteiger partial charge is 0.349 e. The molecule has 33 heavy (non-hydrogen) atoms. The number of amides is 2. The van der Waals surface area contributed by atoms with Gasteiger partial charge in [0.1, 0.15) is 0 Å². The summed E-state index contributed by atoms with van der Waals surface area (Å²) in [4.78, 5) is 26.6. The van der Waals surface area contributed by atoms with Crippen LogP contribution < -0.4 is 15.5 Å². The zero-order valence-corrected chi connectivity index (χ0v) is 20.4. The van der Waals surface area contributed by atoms with Crippen LogP contribution in [0.5, 0.6) is 0 Å². The average molecular weight is 495 g/mol. The van der Waals surface area contributed by atoms with Gasteiger partial charge in [-0.1, -0.05) is 11.6 Å². The number of piperidine rings is 2. The quantitative estimate of drug-likeness (QED) is 0.651. The van der Waals surface area contributed by atoms with Gasteiger partial charge in [0.05, 0.1) is 22.8 Å². The van der Waals surface area contributed by atoms with Crippen molar-refractivity contribution >= 4 is 39.1 Å². The topological polar surface area (TPSA) is 98.8 Å². The van der Waals surface area contributed by atoms with Crippen LogP contribution in [0.3, 0.4) is 0 Å². The highest BCUT2D eigenvalue weighted by Gasteiger charge is 2.47. The van der Waals surface area contributed by atoms with Crippen molar-refractivity contribution < 1.29 is 18.0 Å². The minimum Gasteiger partial charge on any atom is -0.349 e. The van der Waals surface area contributed by atoms with Gasteiger partial charge in [0.2, 0.25) is 15.9 Å². The van der Waals surface area contributed by atoms with Crippen LogP contribution in [0.2, 0.25) is 5.02 Å². The third-order valence-corrected chi connectivity index (χ3v) is 10.2. The van der Waals surface area contributed by atoms with E-state index < -0.39 is 10.0 Å². The number of carbonyl (C=O) groups is 2. The summed E-state index contributed by atoms with van der Waals surface area (Å²) in [5, 5.41) is 6.70. The van der Waals surface area contributed by atoms with Gasteiger partial charge >= 0.3 is 0 Å². The number of hydrogen-bond acceptors (Lipinski definition) is 5. The van der Waals surface area contributed by atoms with Gasteiger partial charge in [0.15, 0.2) is 0 Å². The van der Waals surface area contributed by atoms with Crippen LogP contribution in [0, 0.1) is 5.92 Å². The van der Waals surface area contributed by atoms with Crippen LogP contribution in [0.25, 0.3) is 0 Å². The number of anilines is 1. The first-order valence-electron chi connectivity index (χ1n) is 11.8. The Labute approximate surface area is 200 Å². The molecule has 180 valence electrons. The van der Waals surface area contributed by atoms with Gasteiger partial charge in [-0.2, -0.15) is 4.31 Å². The lowest BCUT2D eigenvalue weighted by atomic mass is 9.99. The smallest absolute Gasteiger partial charge is 0.253 e. The maximum Gasteiger partial charge on any atom is 0.253 e. The molecule has 0 aliphatic carbocycles. The van der Waals surface area contributed by atoms with Crippen molar-refractivity contribution in [2.24, 2.45) is 5.92 Å². The van der Waals surface area contributed by atoms with Crippen molar-refractivity contribution in [2.45, 2.75) is 63.1 Å². The Hall–Kier alpha value is -1.68. The van der Waals surface area contributed by atoms with Gasteiger partial charge in [0.25, 0.3) is 5.91 Å². The van der Waals surface area contributed by atoms with Crippen LogP contribution in [-0.4, -0.2) is 68.6 Å². The lowest BCUT2D eigenvalue weighted by Gasteiger charge is -2.39. The second kappa shape index (κ2) is 8.83. The lowest BCUT2D eigenvalue weighted by Crippen LogP contribution is -2.53. The zero-order chi connectivity index (χ0) is 23.3. The SMILES string of the molecule is CN1C(=O)Cc2cc(C(=O)N[C@H]3C[C@H]4CC[C@@H](C3)N4S(=O)(=O)CC3CCNCC3)c(Cl)cc21. The molecule has 3 atom stereocenters. The maximum atomic E-state index is 13.2. The minimum atomic E-state index is -3.31. The molecule has 2 N–H and O–H groups in total. The Balaban J connectivity index is 1.25. The molecule has 4 heterocycles. The van der Waals surface area contributed by atoms with E-state index in [1.54, 1.807) is 28.4 Å². The summed E-state index contributed by atoms with van der Waals surface area (Å²) in [6, 6.07) is 3.19. The molecular formula is C23H31ClN4O4S. The summed E-state index contributed by atoms with van der Waals surface area (Å²) in [7, 11) is -1.61. The summed E-state index contributed by atoms with van der Waals surface area (Å²) >= 11 is 6.39. The molecule has 0 aromatic heterocycles. The fourth-order valence-corrected chi connectivity index (χ4v) is 8.69. The molecule has 1 aromatic carbocycles. The fourth-order valence-electron chi connectivity index (χ4n) is 6.05. The number of nitrogens with one attached hydrogen (secondary N) is 2. The standard InChI is InChI=1S/C23H31ClN4O4S/c1-27-21-12-20(24)19(8-15(21)9-22(27)29)23(30)26-16-10-17-2-3-18(11-16)28(17)33(31,32)13-14-4-6-25-7-5-14/h8,12,14,16-18,25H,2-7,9-11,13H2,1H3,(H,26,30)/t16-,17+,18-. The Morgan fingerprint density at radius 1 is 1.15 bits per heavy atom. The number of fused-ring (bicyclic) bond motifs is 3. The van der Waals surface area contributed by atoms with Crippen molar-refractivity contribution in [3.63, 3.8) is 0 Å². The molecule has 0 radical (unpaired) electrons. The molecule has 2 bridgehead atoms. The molecule has 4 aliphatic heterocycles. The van der Waals surface area contributed by atoms with Crippen molar-refractivity contribution in [3.8, 4) is 0 Å². The molecular weight excluding hydrogens is 464 g/mol. The van der Waals surface area contributed by atoms with Crippen LogP contribution in [0.4, 0.5) is 5.69 Å².